The van der Waals surface area contributed by atoms with Crippen molar-refractivity contribution in [1.82, 2.24) is 35.1 Å². The van der Waals surface area contributed by atoms with Crippen LogP contribution in [0.3, 0.4) is 0 Å². The Hall–Kier alpha value is -5.14. The van der Waals surface area contributed by atoms with Gasteiger partial charge in [0.05, 0.1) is 12.3 Å². The number of piperidine rings is 1. The van der Waals surface area contributed by atoms with Crippen LogP contribution in [0.2, 0.25) is 0 Å². The number of rotatable bonds is 10. The minimum absolute atomic E-state index is 0.193. The van der Waals surface area contributed by atoms with Gasteiger partial charge in [0, 0.05) is 61.1 Å². The fourth-order valence-corrected chi connectivity index (χ4v) is 6.74. The van der Waals surface area contributed by atoms with Crippen LogP contribution in [0.15, 0.2) is 66.9 Å². The molecule has 1 aliphatic carbocycles. The van der Waals surface area contributed by atoms with Crippen molar-refractivity contribution in [2.45, 2.75) is 83.0 Å². The van der Waals surface area contributed by atoms with Crippen molar-refractivity contribution < 1.29 is 23.9 Å². The summed E-state index contributed by atoms with van der Waals surface area (Å²) in [5.41, 5.74) is 1.10. The van der Waals surface area contributed by atoms with E-state index >= 15 is 0 Å². The Kier molecular flexibility index (Phi) is 10.7. The molecule has 0 bridgehead atoms. The lowest BCUT2D eigenvalue weighted by molar-refractivity contribution is -0.111. The van der Waals surface area contributed by atoms with E-state index in [9.17, 15) is 14.4 Å². The van der Waals surface area contributed by atoms with Crippen molar-refractivity contribution in [1.29, 1.82) is 0 Å². The largest absolute Gasteiger partial charge is 0.480 e. The van der Waals surface area contributed by atoms with Crippen LogP contribution in [0.5, 0.6) is 5.75 Å². The van der Waals surface area contributed by atoms with E-state index in [1.54, 1.807) is 37.5 Å². The maximum atomic E-state index is 13.7. The van der Waals surface area contributed by atoms with Crippen LogP contribution in [0.1, 0.15) is 93.6 Å². The highest BCUT2D eigenvalue weighted by molar-refractivity contribution is 5.97. The number of nitrogens with one attached hydrogen (secondary N) is 3. The molecule has 2 aliphatic rings. The second-order valence-corrected chi connectivity index (χ2v) is 15.8. The average Bonchev–Trinajstić information content (AvgIpc) is 3.57. The molecule has 1 aromatic carbocycles. The molecule has 1 aliphatic heterocycles. The van der Waals surface area contributed by atoms with Crippen molar-refractivity contribution in [3.8, 4) is 5.75 Å². The van der Waals surface area contributed by atoms with Gasteiger partial charge in [-0.05, 0) is 54.8 Å². The smallest absolute Gasteiger partial charge is 0.320 e. The third-order valence-corrected chi connectivity index (χ3v) is 9.73. The molecule has 3 N–H and O–H groups in total. The highest BCUT2D eigenvalue weighted by Crippen LogP contribution is 2.37. The van der Waals surface area contributed by atoms with Gasteiger partial charge >= 0.3 is 6.03 Å². The number of likely N-dealkylation sites (tertiary alicyclic amines) is 1. The van der Waals surface area contributed by atoms with E-state index in [0.717, 1.165) is 43.9 Å². The molecule has 1 fully saturated rings. The molecule has 0 saturated carbocycles. The van der Waals surface area contributed by atoms with Crippen molar-refractivity contribution in [2.24, 2.45) is 0 Å². The van der Waals surface area contributed by atoms with Crippen molar-refractivity contribution >= 4 is 29.6 Å². The van der Waals surface area contributed by atoms with Gasteiger partial charge in [-0.25, -0.2) is 9.78 Å². The van der Waals surface area contributed by atoms with Crippen LogP contribution >= 0.6 is 0 Å². The van der Waals surface area contributed by atoms with Crippen LogP contribution in [-0.2, 0) is 25.9 Å². The normalized spacial score (nSPS) is 19.4. The molecule has 13 heteroatoms. The number of fused-ring (bicyclic) bond motifs is 2. The molecule has 3 amide bonds. The molecular formula is C40H50N8O5. The first kappa shape index (κ1) is 37.6. The minimum Gasteiger partial charge on any atom is -0.480 e. The Morgan fingerprint density at radius 3 is 2.45 bits per heavy atom. The number of ether oxygens (including phenoxy) is 2. The first-order chi connectivity index (χ1) is 25.2. The summed E-state index contributed by atoms with van der Waals surface area (Å²) in [6.45, 7) is 15.2. The second kappa shape index (κ2) is 15.1. The summed E-state index contributed by atoms with van der Waals surface area (Å²) >= 11 is 0. The summed E-state index contributed by atoms with van der Waals surface area (Å²) in [7, 11) is 1.75. The number of carbonyl (C=O) groups excluding carboxylic acids is 3. The molecule has 2 atom stereocenters. The predicted molar refractivity (Wildman–Crippen MR) is 202 cm³/mol. The molecule has 0 unspecified atom stereocenters. The highest BCUT2D eigenvalue weighted by Gasteiger charge is 2.38. The Bertz CT molecular complexity index is 2000. The topological polar surface area (TPSA) is 152 Å². The van der Waals surface area contributed by atoms with E-state index in [1.165, 1.54) is 0 Å². The average molecular weight is 723 g/mol. The number of anilines is 1. The van der Waals surface area contributed by atoms with Gasteiger partial charge in [-0.3, -0.25) is 14.0 Å². The van der Waals surface area contributed by atoms with Crippen molar-refractivity contribution in [3.63, 3.8) is 0 Å². The monoisotopic (exact) mass is 722 g/mol. The highest BCUT2D eigenvalue weighted by atomic mass is 16.5. The molecule has 280 valence electrons. The van der Waals surface area contributed by atoms with Gasteiger partial charge in [0.25, 0.3) is 5.91 Å². The molecule has 6 rings (SSSR count). The lowest BCUT2D eigenvalue weighted by Gasteiger charge is -2.34. The van der Waals surface area contributed by atoms with Crippen molar-refractivity contribution in [2.75, 3.05) is 38.6 Å². The molecule has 4 heterocycles. The minimum atomic E-state index is -1.48. The number of methoxy groups -OCH3 is 1. The van der Waals surface area contributed by atoms with Crippen LogP contribution in [-0.4, -0.2) is 82.1 Å². The van der Waals surface area contributed by atoms with E-state index in [1.807, 2.05) is 61.7 Å². The van der Waals surface area contributed by atoms with Gasteiger partial charge in [-0.2, -0.15) is 0 Å². The first-order valence-corrected chi connectivity index (χ1v) is 18.1. The number of benzene rings is 1. The maximum absolute atomic E-state index is 13.7. The zero-order valence-corrected chi connectivity index (χ0v) is 31.6. The van der Waals surface area contributed by atoms with E-state index in [-0.39, 0.29) is 17.0 Å². The third kappa shape index (κ3) is 8.42. The third-order valence-electron chi connectivity index (χ3n) is 9.73. The number of carbonyl (C=O) groups is 3. The number of hydrogen-bond acceptors (Lipinski definition) is 9. The molecule has 53 heavy (non-hydrogen) atoms. The van der Waals surface area contributed by atoms with Gasteiger partial charge < -0.3 is 30.3 Å². The summed E-state index contributed by atoms with van der Waals surface area (Å²) in [6, 6.07) is 13.7. The zero-order valence-electron chi connectivity index (χ0n) is 31.6. The molecule has 0 spiro atoms. The Morgan fingerprint density at radius 2 is 1.75 bits per heavy atom. The fourth-order valence-electron chi connectivity index (χ4n) is 6.74. The van der Waals surface area contributed by atoms with Crippen LogP contribution in [0, 0.1) is 0 Å². The van der Waals surface area contributed by atoms with Gasteiger partial charge in [0.1, 0.15) is 28.9 Å². The van der Waals surface area contributed by atoms with E-state index in [0.29, 0.717) is 47.3 Å². The molecule has 4 aromatic rings. The quantitative estimate of drug-likeness (QED) is 0.143. The summed E-state index contributed by atoms with van der Waals surface area (Å²) in [5.74, 6) is 1.07. The van der Waals surface area contributed by atoms with E-state index in [2.05, 4.69) is 56.8 Å². The van der Waals surface area contributed by atoms with Gasteiger partial charge in [-0.15, -0.1) is 10.2 Å². The number of hydrogen-bond donors (Lipinski definition) is 3. The summed E-state index contributed by atoms with van der Waals surface area (Å²) in [6.07, 6.45) is 7.68. The number of urea groups is 1. The Morgan fingerprint density at radius 1 is 1.00 bits per heavy atom. The molecule has 3 aromatic heterocycles. The van der Waals surface area contributed by atoms with Gasteiger partial charge in [0.2, 0.25) is 0 Å². The number of nitrogens with zero attached hydrogens (tertiary/aromatic N) is 5. The summed E-state index contributed by atoms with van der Waals surface area (Å²) < 4.78 is 13.8. The lowest BCUT2D eigenvalue weighted by Crippen LogP contribution is -2.49. The van der Waals surface area contributed by atoms with Crippen LogP contribution in [0.25, 0.3) is 5.65 Å². The number of amides is 3. The van der Waals surface area contributed by atoms with Gasteiger partial charge in [-0.1, -0.05) is 65.8 Å². The summed E-state index contributed by atoms with van der Waals surface area (Å²) in [4.78, 5) is 46.8. The Labute approximate surface area is 310 Å². The molecule has 1 saturated heterocycles. The second-order valence-electron chi connectivity index (χ2n) is 15.8. The number of aromatic nitrogens is 4. The van der Waals surface area contributed by atoms with Crippen LogP contribution < -0.4 is 20.7 Å². The predicted octanol–water partition coefficient (Wildman–Crippen LogP) is 5.47. The fraction of sp³-hybridized carbons (Fsp3) is 0.450. The first-order valence-electron chi connectivity index (χ1n) is 18.1. The van der Waals surface area contributed by atoms with E-state index < -0.39 is 23.1 Å². The van der Waals surface area contributed by atoms with Gasteiger partial charge in [0.15, 0.2) is 11.9 Å². The molecule has 0 radical (unpaired) electrons. The maximum Gasteiger partial charge on any atom is 0.320 e. The van der Waals surface area contributed by atoms with E-state index in [4.69, 9.17) is 9.47 Å². The van der Waals surface area contributed by atoms with Crippen LogP contribution in [0.4, 0.5) is 10.5 Å². The number of aldehydes is 1. The lowest BCUT2D eigenvalue weighted by atomic mass is 9.81. The Balaban J connectivity index is 1.17. The summed E-state index contributed by atoms with van der Waals surface area (Å²) in [5, 5.41) is 17.4. The standard InChI is InChI=1S/C40H50N8O5/c1-38(2,3)33-23-26(22-31(43-33)35(50)41-18-21-47-19-15-27(52-7)16-20-47)42-37(51)44-40(25-49)17-14-32(29-10-8-9-11-30(29)40)53-28-12-13-34-45-46-36(39(4,5)6)48(34)24-28/h8-14,17,22-25,27,32H,15-16,18-21H2,1-7H3,(H,41,50)(H2,42,43,44,51)/t32-,40-/m1/s1. The molecular weight excluding hydrogens is 672 g/mol. The van der Waals surface area contributed by atoms with Crippen molar-refractivity contribution in [3.05, 3.63) is 95.2 Å². The molecule has 13 nitrogen and oxygen atoms in total. The number of pyridine rings is 2. The zero-order chi connectivity index (χ0) is 38.0. The SMILES string of the molecule is COC1CCN(CCNC(=O)c2cc(NC(=O)N[C@@]3(C=O)C=C[C@@H](Oc4ccc5nnc(C(C)(C)C)n5c4)c4ccccc43)cc(C(C)(C)C)n2)CC1.